The van der Waals surface area contributed by atoms with Crippen molar-refractivity contribution in [2.24, 2.45) is 0 Å². The number of hydrogen-bond donors (Lipinski definition) is 2. The van der Waals surface area contributed by atoms with Gasteiger partial charge in [-0.3, -0.25) is 9.78 Å². The lowest BCUT2D eigenvalue weighted by atomic mass is 10.1. The lowest BCUT2D eigenvalue weighted by Crippen LogP contribution is -2.16. The summed E-state index contributed by atoms with van der Waals surface area (Å²) in [4.78, 5) is 16.6. The van der Waals surface area contributed by atoms with Gasteiger partial charge < -0.3 is 10.6 Å². The van der Waals surface area contributed by atoms with Gasteiger partial charge in [0.25, 0.3) is 5.91 Å². The first-order valence-electron chi connectivity index (χ1n) is 7.25. The molecule has 2 N–H and O–H groups in total. The second-order valence-corrected chi connectivity index (χ2v) is 4.87. The molecule has 1 heterocycles. The van der Waals surface area contributed by atoms with Crippen LogP contribution in [-0.2, 0) is 6.42 Å². The summed E-state index contributed by atoms with van der Waals surface area (Å²) < 4.78 is 0. The van der Waals surface area contributed by atoms with E-state index in [4.69, 9.17) is 0 Å². The summed E-state index contributed by atoms with van der Waals surface area (Å²) in [5.41, 5.74) is 4.48. The molecule has 0 fully saturated rings. The molecule has 4 heteroatoms. The lowest BCUT2D eigenvalue weighted by molar-refractivity contribution is 0.102. The molecule has 0 aliphatic heterocycles. The summed E-state index contributed by atoms with van der Waals surface area (Å²) in [5, 5.41) is 6.20. The monoisotopic (exact) mass is 283 g/mol. The number of amides is 1. The van der Waals surface area contributed by atoms with Gasteiger partial charge >= 0.3 is 0 Å². The van der Waals surface area contributed by atoms with Crippen LogP contribution in [0.4, 0.5) is 11.4 Å². The van der Waals surface area contributed by atoms with E-state index in [0.29, 0.717) is 5.56 Å². The van der Waals surface area contributed by atoms with Gasteiger partial charge in [0, 0.05) is 18.4 Å². The number of anilines is 2. The molecule has 0 atom stereocenters. The van der Waals surface area contributed by atoms with Gasteiger partial charge in [-0.05, 0) is 37.5 Å². The van der Waals surface area contributed by atoms with E-state index in [0.717, 1.165) is 35.5 Å². The van der Waals surface area contributed by atoms with Crippen molar-refractivity contribution >= 4 is 17.3 Å². The zero-order valence-electron chi connectivity index (χ0n) is 12.7. The molecule has 21 heavy (non-hydrogen) atoms. The topological polar surface area (TPSA) is 54.0 Å². The third kappa shape index (κ3) is 3.40. The van der Waals surface area contributed by atoms with E-state index < -0.39 is 0 Å². The SMILES string of the molecule is CCNc1cnccc1C(=O)Nc1c(C)cccc1CC. The zero-order chi connectivity index (χ0) is 15.2. The molecule has 0 aliphatic carbocycles. The van der Waals surface area contributed by atoms with Crippen molar-refractivity contribution in [1.82, 2.24) is 4.98 Å². The summed E-state index contributed by atoms with van der Waals surface area (Å²) in [5.74, 6) is -0.114. The van der Waals surface area contributed by atoms with Crippen molar-refractivity contribution in [3.05, 3.63) is 53.3 Å². The number of carbonyl (C=O) groups excluding carboxylic acids is 1. The van der Waals surface area contributed by atoms with E-state index in [1.807, 2.05) is 32.0 Å². The number of rotatable bonds is 5. The van der Waals surface area contributed by atoms with Crippen molar-refractivity contribution in [2.45, 2.75) is 27.2 Å². The molecular weight excluding hydrogens is 262 g/mol. The number of pyridine rings is 1. The molecule has 0 bridgehead atoms. The fourth-order valence-electron chi connectivity index (χ4n) is 2.31. The normalized spacial score (nSPS) is 10.2. The summed E-state index contributed by atoms with van der Waals surface area (Å²) in [7, 11) is 0. The van der Waals surface area contributed by atoms with E-state index in [2.05, 4.69) is 22.5 Å². The Morgan fingerprint density at radius 2 is 2.05 bits per heavy atom. The van der Waals surface area contributed by atoms with Crippen LogP contribution in [0.3, 0.4) is 0 Å². The van der Waals surface area contributed by atoms with E-state index in [1.54, 1.807) is 18.5 Å². The highest BCUT2D eigenvalue weighted by molar-refractivity contribution is 6.08. The van der Waals surface area contributed by atoms with E-state index in [1.165, 1.54) is 0 Å². The van der Waals surface area contributed by atoms with Crippen LogP contribution in [0.15, 0.2) is 36.7 Å². The highest BCUT2D eigenvalue weighted by atomic mass is 16.1. The molecule has 0 aliphatic rings. The zero-order valence-corrected chi connectivity index (χ0v) is 12.7. The minimum Gasteiger partial charge on any atom is -0.383 e. The minimum absolute atomic E-state index is 0.114. The number of nitrogens with one attached hydrogen (secondary N) is 2. The maximum absolute atomic E-state index is 12.6. The highest BCUT2D eigenvalue weighted by Gasteiger charge is 2.13. The number of aromatic nitrogens is 1. The minimum atomic E-state index is -0.114. The first-order valence-corrected chi connectivity index (χ1v) is 7.25. The number of aryl methyl sites for hydroxylation is 2. The summed E-state index contributed by atoms with van der Waals surface area (Å²) in [6, 6.07) is 7.80. The Kier molecular flexibility index (Phi) is 4.93. The molecule has 2 aromatic rings. The molecule has 2 rings (SSSR count). The number of benzene rings is 1. The number of nitrogens with zero attached hydrogens (tertiary/aromatic N) is 1. The fraction of sp³-hybridized carbons (Fsp3) is 0.294. The Hall–Kier alpha value is -2.36. The first-order chi connectivity index (χ1) is 10.2. The van der Waals surface area contributed by atoms with Crippen LogP contribution in [0.5, 0.6) is 0 Å². The molecule has 0 unspecified atom stereocenters. The number of hydrogen-bond acceptors (Lipinski definition) is 3. The molecule has 0 saturated heterocycles. The lowest BCUT2D eigenvalue weighted by Gasteiger charge is -2.14. The Morgan fingerprint density at radius 1 is 1.24 bits per heavy atom. The van der Waals surface area contributed by atoms with Gasteiger partial charge in [-0.1, -0.05) is 25.1 Å². The molecular formula is C17H21N3O. The fourth-order valence-corrected chi connectivity index (χ4v) is 2.31. The average molecular weight is 283 g/mol. The van der Waals surface area contributed by atoms with Crippen molar-refractivity contribution in [2.75, 3.05) is 17.2 Å². The Balaban J connectivity index is 2.31. The first kappa shape index (κ1) is 15.0. The van der Waals surface area contributed by atoms with Crippen molar-refractivity contribution in [3.8, 4) is 0 Å². The van der Waals surface area contributed by atoms with Crippen LogP contribution < -0.4 is 10.6 Å². The highest BCUT2D eigenvalue weighted by Crippen LogP contribution is 2.23. The van der Waals surface area contributed by atoms with Crippen LogP contribution in [0.1, 0.15) is 35.3 Å². The second-order valence-electron chi connectivity index (χ2n) is 4.87. The molecule has 1 amide bonds. The predicted molar refractivity (Wildman–Crippen MR) is 86.9 cm³/mol. The van der Waals surface area contributed by atoms with Gasteiger partial charge in [0.05, 0.1) is 17.4 Å². The smallest absolute Gasteiger partial charge is 0.257 e. The van der Waals surface area contributed by atoms with Gasteiger partial charge in [-0.2, -0.15) is 0 Å². The van der Waals surface area contributed by atoms with Crippen molar-refractivity contribution in [1.29, 1.82) is 0 Å². The van der Waals surface area contributed by atoms with E-state index in [-0.39, 0.29) is 5.91 Å². The third-order valence-corrected chi connectivity index (χ3v) is 3.41. The van der Waals surface area contributed by atoms with Crippen LogP contribution in [0.25, 0.3) is 0 Å². The van der Waals surface area contributed by atoms with Gasteiger partial charge in [-0.25, -0.2) is 0 Å². The summed E-state index contributed by atoms with van der Waals surface area (Å²) >= 11 is 0. The second kappa shape index (κ2) is 6.88. The van der Waals surface area contributed by atoms with Crippen molar-refractivity contribution < 1.29 is 4.79 Å². The van der Waals surface area contributed by atoms with Crippen LogP contribution in [0, 0.1) is 6.92 Å². The Bertz CT molecular complexity index is 638. The molecule has 1 aromatic heterocycles. The van der Waals surface area contributed by atoms with Crippen LogP contribution in [0.2, 0.25) is 0 Å². The van der Waals surface area contributed by atoms with Gasteiger partial charge in [0.15, 0.2) is 0 Å². The summed E-state index contributed by atoms with van der Waals surface area (Å²) in [6.45, 7) is 6.83. The number of para-hydroxylation sites is 1. The maximum Gasteiger partial charge on any atom is 0.257 e. The maximum atomic E-state index is 12.6. The molecule has 0 saturated carbocycles. The van der Waals surface area contributed by atoms with Gasteiger partial charge in [0.2, 0.25) is 0 Å². The van der Waals surface area contributed by atoms with E-state index >= 15 is 0 Å². The predicted octanol–water partition coefficient (Wildman–Crippen LogP) is 3.64. The standard InChI is InChI=1S/C17H21N3O/c1-4-13-8-6-7-12(3)16(13)20-17(21)14-9-10-18-11-15(14)19-5-2/h6-11,19H,4-5H2,1-3H3,(H,20,21). The molecule has 0 spiro atoms. The van der Waals surface area contributed by atoms with Crippen LogP contribution >= 0.6 is 0 Å². The van der Waals surface area contributed by atoms with Crippen LogP contribution in [-0.4, -0.2) is 17.4 Å². The molecule has 1 aromatic carbocycles. The van der Waals surface area contributed by atoms with Crippen molar-refractivity contribution in [3.63, 3.8) is 0 Å². The van der Waals surface area contributed by atoms with E-state index in [9.17, 15) is 4.79 Å². The average Bonchev–Trinajstić information content (AvgIpc) is 2.50. The molecule has 110 valence electrons. The Labute approximate surface area is 125 Å². The third-order valence-electron chi connectivity index (χ3n) is 3.41. The largest absolute Gasteiger partial charge is 0.383 e. The molecule has 0 radical (unpaired) electrons. The van der Waals surface area contributed by atoms with Gasteiger partial charge in [0.1, 0.15) is 0 Å². The molecule has 4 nitrogen and oxygen atoms in total. The number of carbonyl (C=O) groups is 1. The quantitative estimate of drug-likeness (QED) is 0.881. The Morgan fingerprint density at radius 3 is 2.76 bits per heavy atom. The summed E-state index contributed by atoms with van der Waals surface area (Å²) in [6.07, 6.45) is 4.19. The van der Waals surface area contributed by atoms with Gasteiger partial charge in [-0.15, -0.1) is 0 Å².